The zero-order valence-electron chi connectivity index (χ0n) is 11.1. The molecule has 5 heteroatoms. The van der Waals surface area contributed by atoms with Crippen LogP contribution in [-0.4, -0.2) is 30.4 Å². The molecule has 0 aliphatic heterocycles. The standard InChI is InChI=1S/C12H25N3O2/c1-4-6-10(13)12(17)14-8-7-11(16)15-9(3)5-2/h9-10H,4-8,13H2,1-3H3,(H,14,17)(H,15,16). The molecule has 0 aromatic rings. The van der Waals surface area contributed by atoms with Crippen molar-refractivity contribution in [3.8, 4) is 0 Å². The third-order valence-corrected chi connectivity index (χ3v) is 2.61. The fourth-order valence-corrected chi connectivity index (χ4v) is 1.32. The van der Waals surface area contributed by atoms with Gasteiger partial charge >= 0.3 is 0 Å². The minimum atomic E-state index is -0.461. The van der Waals surface area contributed by atoms with Crippen LogP contribution in [0.25, 0.3) is 0 Å². The van der Waals surface area contributed by atoms with Gasteiger partial charge in [-0.2, -0.15) is 0 Å². The molecule has 0 aromatic carbocycles. The molecule has 0 rings (SSSR count). The number of rotatable bonds is 8. The van der Waals surface area contributed by atoms with E-state index in [4.69, 9.17) is 5.73 Å². The molecular formula is C12H25N3O2. The maximum absolute atomic E-state index is 11.4. The third kappa shape index (κ3) is 7.74. The summed E-state index contributed by atoms with van der Waals surface area (Å²) in [6.07, 6.45) is 2.75. The Morgan fingerprint density at radius 2 is 1.94 bits per heavy atom. The Morgan fingerprint density at radius 1 is 1.29 bits per heavy atom. The molecular weight excluding hydrogens is 218 g/mol. The molecule has 0 aliphatic carbocycles. The van der Waals surface area contributed by atoms with Crippen molar-refractivity contribution in [2.45, 2.75) is 58.5 Å². The summed E-state index contributed by atoms with van der Waals surface area (Å²) >= 11 is 0. The van der Waals surface area contributed by atoms with Crippen LogP contribution in [0.4, 0.5) is 0 Å². The van der Waals surface area contributed by atoms with Crippen molar-refractivity contribution in [2.75, 3.05) is 6.54 Å². The number of amides is 2. The highest BCUT2D eigenvalue weighted by atomic mass is 16.2. The van der Waals surface area contributed by atoms with E-state index in [1.165, 1.54) is 0 Å². The minimum absolute atomic E-state index is 0.0382. The van der Waals surface area contributed by atoms with Crippen LogP contribution in [0.15, 0.2) is 0 Å². The molecule has 2 atom stereocenters. The van der Waals surface area contributed by atoms with Crippen LogP contribution >= 0.6 is 0 Å². The molecule has 2 unspecified atom stereocenters. The van der Waals surface area contributed by atoms with E-state index in [9.17, 15) is 9.59 Å². The van der Waals surface area contributed by atoms with Crippen molar-refractivity contribution in [1.29, 1.82) is 0 Å². The van der Waals surface area contributed by atoms with Gasteiger partial charge < -0.3 is 16.4 Å². The Kier molecular flexibility index (Phi) is 8.40. The number of hydrogen-bond donors (Lipinski definition) is 3. The van der Waals surface area contributed by atoms with Gasteiger partial charge in [-0.3, -0.25) is 9.59 Å². The summed E-state index contributed by atoms with van der Waals surface area (Å²) in [5, 5.41) is 5.50. The van der Waals surface area contributed by atoms with Gasteiger partial charge in [0.05, 0.1) is 6.04 Å². The lowest BCUT2D eigenvalue weighted by atomic mass is 10.1. The maximum Gasteiger partial charge on any atom is 0.236 e. The molecule has 0 saturated heterocycles. The first-order valence-corrected chi connectivity index (χ1v) is 6.33. The second-order valence-corrected chi connectivity index (χ2v) is 4.31. The van der Waals surface area contributed by atoms with Crippen molar-refractivity contribution >= 4 is 11.8 Å². The fourth-order valence-electron chi connectivity index (χ4n) is 1.32. The molecule has 100 valence electrons. The lowest BCUT2D eigenvalue weighted by molar-refractivity contribution is -0.123. The molecule has 0 spiro atoms. The van der Waals surface area contributed by atoms with Gasteiger partial charge in [0.2, 0.25) is 11.8 Å². The van der Waals surface area contributed by atoms with Crippen molar-refractivity contribution in [2.24, 2.45) is 5.73 Å². The molecule has 0 fully saturated rings. The van der Waals surface area contributed by atoms with E-state index in [0.29, 0.717) is 19.4 Å². The fraction of sp³-hybridized carbons (Fsp3) is 0.833. The van der Waals surface area contributed by atoms with Crippen LogP contribution in [0.3, 0.4) is 0 Å². The van der Waals surface area contributed by atoms with Crippen LogP contribution in [0, 0.1) is 0 Å². The molecule has 0 radical (unpaired) electrons. The Labute approximate surface area is 104 Å². The van der Waals surface area contributed by atoms with E-state index < -0.39 is 6.04 Å². The highest BCUT2D eigenvalue weighted by Crippen LogP contribution is 1.93. The van der Waals surface area contributed by atoms with Crippen LogP contribution in [0.2, 0.25) is 0 Å². The molecule has 0 saturated carbocycles. The van der Waals surface area contributed by atoms with E-state index in [2.05, 4.69) is 10.6 Å². The first kappa shape index (κ1) is 15.9. The smallest absolute Gasteiger partial charge is 0.236 e. The summed E-state index contributed by atoms with van der Waals surface area (Å²) in [7, 11) is 0. The normalized spacial score (nSPS) is 13.9. The third-order valence-electron chi connectivity index (χ3n) is 2.61. The van der Waals surface area contributed by atoms with Gasteiger partial charge in [-0.05, 0) is 19.8 Å². The zero-order valence-corrected chi connectivity index (χ0v) is 11.1. The molecule has 17 heavy (non-hydrogen) atoms. The number of carbonyl (C=O) groups is 2. The SMILES string of the molecule is CCCC(N)C(=O)NCCC(=O)NC(C)CC. The van der Waals surface area contributed by atoms with E-state index in [0.717, 1.165) is 12.8 Å². The van der Waals surface area contributed by atoms with E-state index in [1.54, 1.807) is 0 Å². The largest absolute Gasteiger partial charge is 0.354 e. The number of hydrogen-bond acceptors (Lipinski definition) is 3. The highest BCUT2D eigenvalue weighted by molar-refractivity contribution is 5.82. The van der Waals surface area contributed by atoms with Gasteiger partial charge in [-0.25, -0.2) is 0 Å². The molecule has 0 aliphatic rings. The van der Waals surface area contributed by atoms with Gasteiger partial charge in [0, 0.05) is 19.0 Å². The lowest BCUT2D eigenvalue weighted by Crippen LogP contribution is -2.42. The van der Waals surface area contributed by atoms with Crippen molar-refractivity contribution in [1.82, 2.24) is 10.6 Å². The van der Waals surface area contributed by atoms with Crippen molar-refractivity contribution in [3.63, 3.8) is 0 Å². The van der Waals surface area contributed by atoms with Crippen LogP contribution in [0.1, 0.15) is 46.5 Å². The predicted molar refractivity (Wildman–Crippen MR) is 68.4 cm³/mol. The molecule has 4 N–H and O–H groups in total. The van der Waals surface area contributed by atoms with Crippen LogP contribution < -0.4 is 16.4 Å². The first-order valence-electron chi connectivity index (χ1n) is 6.33. The van der Waals surface area contributed by atoms with Crippen LogP contribution in [-0.2, 0) is 9.59 Å². The Hall–Kier alpha value is -1.10. The Morgan fingerprint density at radius 3 is 2.47 bits per heavy atom. The molecule has 0 aromatic heterocycles. The predicted octanol–water partition coefficient (Wildman–Crippen LogP) is 0.535. The average molecular weight is 243 g/mol. The maximum atomic E-state index is 11.4. The van der Waals surface area contributed by atoms with Crippen molar-refractivity contribution < 1.29 is 9.59 Å². The number of carbonyl (C=O) groups excluding carboxylic acids is 2. The number of nitrogens with one attached hydrogen (secondary N) is 2. The van der Waals surface area contributed by atoms with E-state index >= 15 is 0 Å². The Balaban J connectivity index is 3.69. The summed E-state index contributed by atoms with van der Waals surface area (Å²) in [5.74, 6) is -0.216. The summed E-state index contributed by atoms with van der Waals surface area (Å²) in [5.41, 5.74) is 5.63. The van der Waals surface area contributed by atoms with Crippen molar-refractivity contribution in [3.05, 3.63) is 0 Å². The van der Waals surface area contributed by atoms with Gasteiger partial charge in [-0.1, -0.05) is 20.3 Å². The molecule has 0 bridgehead atoms. The van der Waals surface area contributed by atoms with Crippen LogP contribution in [0.5, 0.6) is 0 Å². The molecule has 2 amide bonds. The second kappa shape index (κ2) is 8.98. The quantitative estimate of drug-likeness (QED) is 0.581. The summed E-state index contributed by atoms with van der Waals surface area (Å²) in [4.78, 5) is 22.8. The summed E-state index contributed by atoms with van der Waals surface area (Å²) < 4.78 is 0. The Bertz CT molecular complexity index is 244. The van der Waals surface area contributed by atoms with Gasteiger partial charge in [0.1, 0.15) is 0 Å². The summed E-state index contributed by atoms with van der Waals surface area (Å²) in [6.45, 7) is 6.29. The zero-order chi connectivity index (χ0) is 13.3. The average Bonchev–Trinajstić information content (AvgIpc) is 2.28. The van der Waals surface area contributed by atoms with Gasteiger partial charge in [-0.15, -0.1) is 0 Å². The van der Waals surface area contributed by atoms with E-state index in [1.807, 2.05) is 20.8 Å². The number of nitrogens with two attached hydrogens (primary N) is 1. The van der Waals surface area contributed by atoms with E-state index in [-0.39, 0.29) is 17.9 Å². The monoisotopic (exact) mass is 243 g/mol. The molecule has 5 nitrogen and oxygen atoms in total. The van der Waals surface area contributed by atoms with Gasteiger partial charge in [0.25, 0.3) is 0 Å². The summed E-state index contributed by atoms with van der Waals surface area (Å²) in [6, 6.07) is -0.279. The first-order chi connectivity index (χ1) is 8.01. The molecule has 0 heterocycles. The highest BCUT2D eigenvalue weighted by Gasteiger charge is 2.12. The lowest BCUT2D eigenvalue weighted by Gasteiger charge is -2.13. The second-order valence-electron chi connectivity index (χ2n) is 4.31. The topological polar surface area (TPSA) is 84.2 Å². The van der Waals surface area contributed by atoms with Gasteiger partial charge in [0.15, 0.2) is 0 Å². The minimum Gasteiger partial charge on any atom is -0.354 e.